The van der Waals surface area contributed by atoms with E-state index in [2.05, 4.69) is 10.4 Å². The van der Waals surface area contributed by atoms with Crippen molar-refractivity contribution in [3.05, 3.63) is 64.3 Å². The van der Waals surface area contributed by atoms with Gasteiger partial charge in [-0.2, -0.15) is 5.10 Å². The van der Waals surface area contributed by atoms with Gasteiger partial charge in [-0.3, -0.25) is 4.79 Å². The number of hydrogen-bond acceptors (Lipinski definition) is 5. The molecule has 144 valence electrons. The van der Waals surface area contributed by atoms with Gasteiger partial charge in [-0.1, -0.05) is 23.7 Å². The number of phenolic OH excluding ortho intramolecular Hbond substituents is 1. The largest absolute Gasteiger partial charge is 0.504 e. The lowest BCUT2D eigenvalue weighted by Gasteiger charge is -2.16. The molecular formula is C20H18ClN3O3S. The maximum atomic E-state index is 12.4. The third-order valence-electron chi connectivity index (χ3n) is 4.57. The smallest absolute Gasteiger partial charge is 0.235 e. The van der Waals surface area contributed by atoms with E-state index in [-0.39, 0.29) is 16.9 Å². The van der Waals surface area contributed by atoms with Gasteiger partial charge in [-0.15, -0.1) is 11.8 Å². The number of thioether (sulfide) groups is 1. The molecule has 6 nitrogen and oxygen atoms in total. The normalized spacial score (nSPS) is 16.2. The van der Waals surface area contributed by atoms with Crippen LogP contribution < -0.4 is 10.1 Å². The molecular weight excluding hydrogens is 398 g/mol. The number of hydrogen-bond donors (Lipinski definition) is 2. The van der Waals surface area contributed by atoms with Crippen molar-refractivity contribution in [3.8, 4) is 17.2 Å². The topological polar surface area (TPSA) is 76.4 Å². The highest BCUT2D eigenvalue weighted by molar-refractivity contribution is 8.00. The van der Waals surface area contributed by atoms with Crippen molar-refractivity contribution < 1.29 is 14.6 Å². The van der Waals surface area contributed by atoms with Gasteiger partial charge in [-0.05, 0) is 42.8 Å². The number of ether oxygens (including phenoxy) is 1. The second kappa shape index (κ2) is 7.41. The molecule has 0 spiro atoms. The average molecular weight is 416 g/mol. The summed E-state index contributed by atoms with van der Waals surface area (Å²) in [5, 5.41) is 18.0. The molecule has 8 heteroatoms. The molecule has 1 atom stereocenters. The summed E-state index contributed by atoms with van der Waals surface area (Å²) in [5.41, 5.74) is 3.42. The van der Waals surface area contributed by atoms with Gasteiger partial charge in [0.2, 0.25) is 5.91 Å². The number of anilines is 1. The Morgan fingerprint density at radius 2 is 2.14 bits per heavy atom. The van der Waals surface area contributed by atoms with Crippen molar-refractivity contribution in [2.24, 2.45) is 0 Å². The van der Waals surface area contributed by atoms with E-state index in [1.807, 2.05) is 25.1 Å². The zero-order valence-electron chi connectivity index (χ0n) is 15.3. The quantitative estimate of drug-likeness (QED) is 0.666. The molecule has 2 aromatic carbocycles. The minimum Gasteiger partial charge on any atom is -0.504 e. The van der Waals surface area contributed by atoms with E-state index in [9.17, 15) is 9.90 Å². The Morgan fingerprint density at radius 1 is 1.32 bits per heavy atom. The Labute approximate surface area is 171 Å². The van der Waals surface area contributed by atoms with E-state index in [1.54, 1.807) is 28.9 Å². The standard InChI is InChI=1S/C20H18ClN3O3S/c1-11-18-19(12-6-7-15(25)16(8-12)27-2)28-10-17(26)22-20(18)24(23-11)14-5-3-4-13(21)9-14/h3-9,19,25H,10H2,1-2H3,(H,22,26)/t19-/m1/s1. The lowest BCUT2D eigenvalue weighted by atomic mass is 10.0. The minimum atomic E-state index is -0.142. The van der Waals surface area contributed by atoms with Crippen molar-refractivity contribution in [3.63, 3.8) is 0 Å². The number of carbonyl (C=O) groups is 1. The minimum absolute atomic E-state index is 0.0747. The Bertz CT molecular complexity index is 1070. The van der Waals surface area contributed by atoms with E-state index in [1.165, 1.54) is 18.9 Å². The lowest BCUT2D eigenvalue weighted by molar-refractivity contribution is -0.113. The van der Waals surface area contributed by atoms with Gasteiger partial charge in [0.15, 0.2) is 11.5 Å². The van der Waals surface area contributed by atoms with Crippen LogP contribution in [0.2, 0.25) is 5.02 Å². The number of aromatic nitrogens is 2. The van der Waals surface area contributed by atoms with Crippen LogP contribution in [-0.2, 0) is 4.79 Å². The van der Waals surface area contributed by atoms with Gasteiger partial charge >= 0.3 is 0 Å². The maximum Gasteiger partial charge on any atom is 0.235 e. The van der Waals surface area contributed by atoms with Crippen LogP contribution in [0.4, 0.5) is 5.82 Å². The number of rotatable bonds is 3. The van der Waals surface area contributed by atoms with Gasteiger partial charge < -0.3 is 15.2 Å². The molecule has 0 unspecified atom stereocenters. The molecule has 0 saturated carbocycles. The van der Waals surface area contributed by atoms with Crippen LogP contribution >= 0.6 is 23.4 Å². The fourth-order valence-corrected chi connectivity index (χ4v) is 4.66. The number of amides is 1. The molecule has 1 aliphatic rings. The first-order valence-corrected chi connectivity index (χ1v) is 10.0. The molecule has 2 N–H and O–H groups in total. The molecule has 0 fully saturated rings. The zero-order chi connectivity index (χ0) is 19.8. The molecule has 0 radical (unpaired) electrons. The van der Waals surface area contributed by atoms with Crippen LogP contribution in [0.5, 0.6) is 11.5 Å². The summed E-state index contributed by atoms with van der Waals surface area (Å²) in [7, 11) is 1.51. The third-order valence-corrected chi connectivity index (χ3v) is 6.07. The summed E-state index contributed by atoms with van der Waals surface area (Å²) >= 11 is 7.66. The van der Waals surface area contributed by atoms with Crippen LogP contribution in [0, 0.1) is 6.92 Å². The van der Waals surface area contributed by atoms with Crippen molar-refractivity contribution in [2.75, 3.05) is 18.2 Å². The van der Waals surface area contributed by atoms with Gasteiger partial charge in [0.1, 0.15) is 5.82 Å². The number of fused-ring (bicyclic) bond motifs is 1. The highest BCUT2D eigenvalue weighted by atomic mass is 35.5. The van der Waals surface area contributed by atoms with Crippen molar-refractivity contribution in [2.45, 2.75) is 12.2 Å². The predicted octanol–water partition coefficient (Wildman–Crippen LogP) is 4.32. The predicted molar refractivity (Wildman–Crippen MR) is 111 cm³/mol. The van der Waals surface area contributed by atoms with E-state index in [4.69, 9.17) is 16.3 Å². The van der Waals surface area contributed by atoms with Crippen molar-refractivity contribution in [1.82, 2.24) is 9.78 Å². The first-order valence-electron chi connectivity index (χ1n) is 8.61. The molecule has 0 bridgehead atoms. The van der Waals surface area contributed by atoms with Crippen molar-refractivity contribution >= 4 is 35.1 Å². The molecule has 0 saturated heterocycles. The summed E-state index contributed by atoms with van der Waals surface area (Å²) < 4.78 is 6.97. The molecule has 1 amide bonds. The summed E-state index contributed by atoms with van der Waals surface area (Å²) in [5.74, 6) is 1.31. The third kappa shape index (κ3) is 3.31. The number of carbonyl (C=O) groups excluding carboxylic acids is 1. The van der Waals surface area contributed by atoms with Gasteiger partial charge in [-0.25, -0.2) is 4.68 Å². The number of phenols is 1. The van der Waals surface area contributed by atoms with Gasteiger partial charge in [0, 0.05) is 10.6 Å². The number of nitrogens with one attached hydrogen (secondary N) is 1. The molecule has 0 aliphatic carbocycles. The number of aromatic hydroxyl groups is 1. The van der Waals surface area contributed by atoms with E-state index >= 15 is 0 Å². The highest BCUT2D eigenvalue weighted by Crippen LogP contribution is 2.45. The summed E-state index contributed by atoms with van der Waals surface area (Å²) in [6.45, 7) is 1.92. The number of aryl methyl sites for hydroxylation is 1. The first kappa shape index (κ1) is 18.7. The fourth-order valence-electron chi connectivity index (χ4n) is 3.30. The highest BCUT2D eigenvalue weighted by Gasteiger charge is 2.31. The zero-order valence-corrected chi connectivity index (χ0v) is 16.8. The lowest BCUT2D eigenvalue weighted by Crippen LogP contribution is -2.15. The molecule has 3 aromatic rings. The summed E-state index contributed by atoms with van der Waals surface area (Å²) in [6, 6.07) is 12.6. The second-order valence-corrected chi connectivity index (χ2v) is 7.94. The van der Waals surface area contributed by atoms with Crippen molar-refractivity contribution in [1.29, 1.82) is 0 Å². The summed E-state index contributed by atoms with van der Waals surface area (Å²) in [4.78, 5) is 12.4. The van der Waals surface area contributed by atoms with Crippen LogP contribution in [0.25, 0.3) is 5.69 Å². The monoisotopic (exact) mass is 415 g/mol. The molecule has 4 rings (SSSR count). The Balaban J connectivity index is 1.89. The van der Waals surface area contributed by atoms with Crippen LogP contribution in [-0.4, -0.2) is 33.7 Å². The maximum absolute atomic E-state index is 12.4. The summed E-state index contributed by atoms with van der Waals surface area (Å²) in [6.07, 6.45) is 0. The Kier molecular flexibility index (Phi) is 4.95. The van der Waals surface area contributed by atoms with E-state index in [0.717, 1.165) is 22.5 Å². The number of halogens is 1. The number of nitrogens with zero attached hydrogens (tertiary/aromatic N) is 2. The van der Waals surface area contributed by atoms with Gasteiger partial charge in [0.25, 0.3) is 0 Å². The fraction of sp³-hybridized carbons (Fsp3) is 0.200. The molecule has 1 aromatic heterocycles. The SMILES string of the molecule is COc1cc([C@H]2SCC(=O)Nc3c2c(C)nn3-c2cccc(Cl)c2)ccc1O. The van der Waals surface area contributed by atoms with Crippen LogP contribution in [0.15, 0.2) is 42.5 Å². The molecule has 2 heterocycles. The Morgan fingerprint density at radius 3 is 2.89 bits per heavy atom. The second-order valence-electron chi connectivity index (χ2n) is 6.41. The number of methoxy groups -OCH3 is 1. The molecule has 28 heavy (non-hydrogen) atoms. The number of benzene rings is 2. The molecule has 1 aliphatic heterocycles. The van der Waals surface area contributed by atoms with E-state index in [0.29, 0.717) is 22.3 Å². The average Bonchev–Trinajstić information content (AvgIpc) is 2.88. The van der Waals surface area contributed by atoms with Crippen LogP contribution in [0.1, 0.15) is 22.1 Å². The Hall–Kier alpha value is -2.64. The first-order chi connectivity index (χ1) is 13.5. The van der Waals surface area contributed by atoms with Crippen LogP contribution in [0.3, 0.4) is 0 Å². The van der Waals surface area contributed by atoms with E-state index < -0.39 is 0 Å². The van der Waals surface area contributed by atoms with Gasteiger partial charge in [0.05, 0.1) is 29.5 Å².